The number of ether oxygens (including phenoxy) is 2. The predicted octanol–water partition coefficient (Wildman–Crippen LogP) is 0.669. The van der Waals surface area contributed by atoms with E-state index >= 15 is 0 Å². The minimum atomic E-state index is -0.127. The lowest BCUT2D eigenvalue weighted by atomic mass is 10.1. The van der Waals surface area contributed by atoms with Gasteiger partial charge in [-0.25, -0.2) is 0 Å². The number of nitrogens with zero attached hydrogens (tertiary/aromatic N) is 1. The summed E-state index contributed by atoms with van der Waals surface area (Å²) in [5.41, 5.74) is 2.12. The minimum absolute atomic E-state index is 0.0630. The van der Waals surface area contributed by atoms with Crippen LogP contribution in [0, 0.1) is 6.92 Å². The monoisotopic (exact) mass is 238 g/mol. The van der Waals surface area contributed by atoms with Crippen molar-refractivity contribution in [2.24, 2.45) is 0 Å². The Morgan fingerprint density at radius 1 is 1.47 bits per heavy atom. The van der Waals surface area contributed by atoms with E-state index in [4.69, 9.17) is 9.47 Å². The highest BCUT2D eigenvalue weighted by Gasteiger charge is 2.02. The zero-order chi connectivity index (χ0) is 12.5. The van der Waals surface area contributed by atoms with Gasteiger partial charge in [0.05, 0.1) is 13.2 Å². The predicted molar refractivity (Wildman–Crippen MR) is 63.5 cm³/mol. The Morgan fingerprint density at radius 2 is 2.29 bits per heavy atom. The molecule has 0 bridgehead atoms. The number of hydrogen-bond acceptors (Lipinski definition) is 4. The van der Waals surface area contributed by atoms with Gasteiger partial charge in [-0.05, 0) is 24.1 Å². The van der Waals surface area contributed by atoms with Crippen molar-refractivity contribution in [2.75, 3.05) is 26.9 Å². The number of aromatic nitrogens is 1. The first-order chi connectivity index (χ1) is 8.24. The maximum absolute atomic E-state index is 11.4. The smallest absolute Gasteiger partial charge is 0.246 e. The molecule has 0 aromatic carbocycles. The third-order valence-electron chi connectivity index (χ3n) is 2.28. The van der Waals surface area contributed by atoms with Gasteiger partial charge in [0.2, 0.25) is 5.91 Å². The summed E-state index contributed by atoms with van der Waals surface area (Å²) >= 11 is 0. The van der Waals surface area contributed by atoms with Crippen LogP contribution in [0.4, 0.5) is 0 Å². The molecule has 0 aliphatic heterocycles. The van der Waals surface area contributed by atoms with Crippen molar-refractivity contribution in [3.8, 4) is 0 Å². The fourth-order valence-corrected chi connectivity index (χ4v) is 1.25. The van der Waals surface area contributed by atoms with E-state index in [1.165, 1.54) is 0 Å². The van der Waals surface area contributed by atoms with Gasteiger partial charge in [-0.3, -0.25) is 9.78 Å². The number of methoxy groups -OCH3 is 1. The Hall–Kier alpha value is -1.46. The highest BCUT2D eigenvalue weighted by molar-refractivity contribution is 5.77. The lowest BCUT2D eigenvalue weighted by Crippen LogP contribution is -2.28. The fourth-order valence-electron chi connectivity index (χ4n) is 1.25. The molecule has 1 N–H and O–H groups in total. The van der Waals surface area contributed by atoms with E-state index < -0.39 is 0 Å². The first kappa shape index (κ1) is 13.6. The van der Waals surface area contributed by atoms with Crippen LogP contribution in [-0.4, -0.2) is 37.8 Å². The van der Waals surface area contributed by atoms with Crippen LogP contribution in [0.3, 0.4) is 0 Å². The molecule has 0 atom stereocenters. The third-order valence-corrected chi connectivity index (χ3v) is 2.28. The van der Waals surface area contributed by atoms with E-state index in [1.54, 1.807) is 19.5 Å². The van der Waals surface area contributed by atoms with Crippen molar-refractivity contribution in [2.45, 2.75) is 13.5 Å². The number of hydrogen-bond donors (Lipinski definition) is 1. The van der Waals surface area contributed by atoms with Crippen molar-refractivity contribution in [1.82, 2.24) is 10.3 Å². The Balaban J connectivity index is 2.22. The summed E-state index contributed by atoms with van der Waals surface area (Å²) in [6, 6.07) is 1.89. The van der Waals surface area contributed by atoms with Crippen LogP contribution in [0.5, 0.6) is 0 Å². The zero-order valence-corrected chi connectivity index (χ0v) is 10.2. The molecule has 1 aromatic heterocycles. The van der Waals surface area contributed by atoms with Crippen molar-refractivity contribution >= 4 is 5.91 Å². The second-order valence-corrected chi connectivity index (χ2v) is 3.62. The fraction of sp³-hybridized carbons (Fsp3) is 0.500. The molecule has 0 aliphatic carbocycles. The van der Waals surface area contributed by atoms with Crippen molar-refractivity contribution in [3.05, 3.63) is 29.6 Å². The van der Waals surface area contributed by atoms with Crippen LogP contribution in [0.1, 0.15) is 11.1 Å². The van der Waals surface area contributed by atoms with Gasteiger partial charge in [-0.15, -0.1) is 0 Å². The Bertz CT molecular complexity index is 355. The maximum atomic E-state index is 11.4. The van der Waals surface area contributed by atoms with Crippen LogP contribution in [0.2, 0.25) is 0 Å². The van der Waals surface area contributed by atoms with Gasteiger partial charge in [-0.2, -0.15) is 0 Å². The van der Waals surface area contributed by atoms with Crippen LogP contribution in [0.25, 0.3) is 0 Å². The first-order valence-corrected chi connectivity index (χ1v) is 5.47. The lowest BCUT2D eigenvalue weighted by Gasteiger charge is -2.07. The number of carbonyl (C=O) groups excluding carboxylic acids is 1. The summed E-state index contributed by atoms with van der Waals surface area (Å²) < 4.78 is 9.91. The average Bonchev–Trinajstić information content (AvgIpc) is 2.34. The summed E-state index contributed by atoms with van der Waals surface area (Å²) in [7, 11) is 1.59. The van der Waals surface area contributed by atoms with Gasteiger partial charge in [0.15, 0.2) is 0 Å². The van der Waals surface area contributed by atoms with Crippen LogP contribution >= 0.6 is 0 Å². The second-order valence-electron chi connectivity index (χ2n) is 3.62. The molecule has 0 saturated carbocycles. The normalized spacial score (nSPS) is 10.2. The highest BCUT2D eigenvalue weighted by Crippen LogP contribution is 2.03. The molecule has 1 rings (SSSR count). The Labute approximate surface area is 101 Å². The Kier molecular flexibility index (Phi) is 6.21. The van der Waals surface area contributed by atoms with Gasteiger partial charge in [-0.1, -0.05) is 0 Å². The highest BCUT2D eigenvalue weighted by atomic mass is 16.5. The molecule has 1 amide bonds. The molecule has 94 valence electrons. The molecule has 0 radical (unpaired) electrons. The summed E-state index contributed by atoms with van der Waals surface area (Å²) in [5, 5.41) is 2.78. The Morgan fingerprint density at radius 3 is 3.00 bits per heavy atom. The average molecular weight is 238 g/mol. The van der Waals surface area contributed by atoms with Crippen LogP contribution < -0.4 is 5.32 Å². The largest absolute Gasteiger partial charge is 0.382 e. The van der Waals surface area contributed by atoms with Gasteiger partial charge in [0.25, 0.3) is 0 Å². The lowest BCUT2D eigenvalue weighted by molar-refractivity contribution is -0.126. The first-order valence-electron chi connectivity index (χ1n) is 5.47. The van der Waals surface area contributed by atoms with Crippen LogP contribution in [-0.2, 0) is 20.8 Å². The second kappa shape index (κ2) is 7.76. The summed E-state index contributed by atoms with van der Waals surface area (Å²) in [6.07, 6.45) is 3.49. The molecule has 1 aromatic rings. The van der Waals surface area contributed by atoms with Crippen molar-refractivity contribution in [1.29, 1.82) is 0 Å². The standard InChI is InChI=1S/C12H18N2O3/c1-10-7-13-4-3-11(10)8-14-12(15)9-17-6-5-16-2/h3-4,7H,5-6,8-9H2,1-2H3,(H,14,15). The number of aryl methyl sites for hydroxylation is 1. The maximum Gasteiger partial charge on any atom is 0.246 e. The molecular weight excluding hydrogens is 220 g/mol. The number of carbonyl (C=O) groups is 1. The van der Waals surface area contributed by atoms with E-state index in [2.05, 4.69) is 10.3 Å². The summed E-state index contributed by atoms with van der Waals surface area (Å²) in [5.74, 6) is -0.127. The van der Waals surface area contributed by atoms with Gasteiger partial charge < -0.3 is 14.8 Å². The zero-order valence-electron chi connectivity index (χ0n) is 10.2. The van der Waals surface area contributed by atoms with Gasteiger partial charge >= 0.3 is 0 Å². The molecule has 0 spiro atoms. The van der Waals surface area contributed by atoms with Gasteiger partial charge in [0.1, 0.15) is 6.61 Å². The molecule has 0 fully saturated rings. The molecule has 17 heavy (non-hydrogen) atoms. The van der Waals surface area contributed by atoms with Crippen molar-refractivity contribution < 1.29 is 14.3 Å². The summed E-state index contributed by atoms with van der Waals surface area (Å²) in [6.45, 7) is 3.45. The number of nitrogens with one attached hydrogen (secondary N) is 1. The molecule has 0 aliphatic rings. The van der Waals surface area contributed by atoms with E-state index in [9.17, 15) is 4.79 Å². The molecule has 0 unspecified atom stereocenters. The quantitative estimate of drug-likeness (QED) is 0.709. The molecule has 5 heteroatoms. The SMILES string of the molecule is COCCOCC(=O)NCc1ccncc1C. The molecule has 1 heterocycles. The van der Waals surface area contributed by atoms with Gasteiger partial charge in [0, 0.05) is 26.0 Å². The van der Waals surface area contributed by atoms with E-state index in [0.29, 0.717) is 19.8 Å². The van der Waals surface area contributed by atoms with E-state index in [-0.39, 0.29) is 12.5 Å². The van der Waals surface area contributed by atoms with Crippen LogP contribution in [0.15, 0.2) is 18.5 Å². The molecular formula is C12H18N2O3. The number of rotatable bonds is 7. The molecule has 5 nitrogen and oxygen atoms in total. The van der Waals surface area contributed by atoms with E-state index in [0.717, 1.165) is 11.1 Å². The van der Waals surface area contributed by atoms with E-state index in [1.807, 2.05) is 13.0 Å². The third kappa shape index (κ3) is 5.42. The topological polar surface area (TPSA) is 60.5 Å². The number of amides is 1. The molecule has 0 saturated heterocycles. The summed E-state index contributed by atoms with van der Waals surface area (Å²) in [4.78, 5) is 15.4. The number of pyridine rings is 1. The minimum Gasteiger partial charge on any atom is -0.382 e. The van der Waals surface area contributed by atoms with Crippen molar-refractivity contribution in [3.63, 3.8) is 0 Å².